The molecule has 2 aliphatic heterocycles. The maximum Gasteiger partial charge on any atom is 0.224 e. The molecule has 136 valence electrons. The molecule has 1 saturated heterocycles. The van der Waals surface area contributed by atoms with E-state index in [0.717, 1.165) is 31.9 Å². The average Bonchev–Trinajstić information content (AvgIpc) is 2.62. The van der Waals surface area contributed by atoms with Crippen LogP contribution >= 0.6 is 0 Å². The highest BCUT2D eigenvalue weighted by Gasteiger charge is 2.22. The van der Waals surface area contributed by atoms with Gasteiger partial charge in [0.25, 0.3) is 0 Å². The fourth-order valence-corrected chi connectivity index (χ4v) is 3.09. The summed E-state index contributed by atoms with van der Waals surface area (Å²) in [4.78, 5) is 30.2. The van der Waals surface area contributed by atoms with Gasteiger partial charge >= 0.3 is 0 Å². The summed E-state index contributed by atoms with van der Waals surface area (Å²) in [5.41, 5.74) is 0.725. The first-order chi connectivity index (χ1) is 12.0. The van der Waals surface area contributed by atoms with E-state index in [-0.39, 0.29) is 11.8 Å². The standard InChI is InChI=1S/C18H25N3O4/c1-14(22)21(6-5-18(23)20-9-7-19(2)8-10-20)15-3-4-16-17(13-15)25-12-11-24-16/h3-4,13H,5-12H2,1-2H3. The molecular weight excluding hydrogens is 322 g/mol. The second-order valence-electron chi connectivity index (χ2n) is 6.43. The molecule has 25 heavy (non-hydrogen) atoms. The summed E-state index contributed by atoms with van der Waals surface area (Å²) in [6.45, 7) is 6.19. The van der Waals surface area contributed by atoms with E-state index in [4.69, 9.17) is 9.47 Å². The Morgan fingerprint density at radius 1 is 1.08 bits per heavy atom. The highest BCUT2D eigenvalue weighted by molar-refractivity contribution is 5.92. The fourth-order valence-electron chi connectivity index (χ4n) is 3.09. The average molecular weight is 347 g/mol. The third-order valence-corrected chi connectivity index (χ3v) is 4.62. The van der Waals surface area contributed by atoms with Gasteiger partial charge < -0.3 is 24.2 Å². The van der Waals surface area contributed by atoms with Gasteiger partial charge in [-0.25, -0.2) is 0 Å². The van der Waals surface area contributed by atoms with Crippen LogP contribution in [0.25, 0.3) is 0 Å². The highest BCUT2D eigenvalue weighted by Crippen LogP contribution is 2.34. The number of carbonyl (C=O) groups excluding carboxylic acids is 2. The van der Waals surface area contributed by atoms with E-state index in [1.165, 1.54) is 6.92 Å². The van der Waals surface area contributed by atoms with Crippen LogP contribution in [0.3, 0.4) is 0 Å². The highest BCUT2D eigenvalue weighted by atomic mass is 16.6. The molecule has 2 heterocycles. The van der Waals surface area contributed by atoms with Crippen molar-refractivity contribution >= 4 is 17.5 Å². The number of amides is 2. The predicted octanol–water partition coefficient (Wildman–Crippen LogP) is 0.975. The number of fused-ring (bicyclic) bond motifs is 1. The Labute approximate surface area is 148 Å². The Balaban J connectivity index is 1.63. The van der Waals surface area contributed by atoms with Crippen LogP contribution in [0.15, 0.2) is 18.2 Å². The van der Waals surface area contributed by atoms with E-state index >= 15 is 0 Å². The Morgan fingerprint density at radius 2 is 1.76 bits per heavy atom. The minimum Gasteiger partial charge on any atom is -0.486 e. The maximum absolute atomic E-state index is 12.4. The van der Waals surface area contributed by atoms with Crippen LogP contribution in [0.2, 0.25) is 0 Å². The molecule has 1 aromatic carbocycles. The lowest BCUT2D eigenvalue weighted by atomic mass is 10.2. The number of benzene rings is 1. The van der Waals surface area contributed by atoms with Crippen molar-refractivity contribution in [2.75, 3.05) is 57.9 Å². The molecule has 7 nitrogen and oxygen atoms in total. The lowest BCUT2D eigenvalue weighted by Crippen LogP contribution is -2.47. The smallest absolute Gasteiger partial charge is 0.224 e. The van der Waals surface area contributed by atoms with Crippen molar-refractivity contribution in [3.05, 3.63) is 18.2 Å². The van der Waals surface area contributed by atoms with Gasteiger partial charge in [0.05, 0.1) is 0 Å². The Hall–Kier alpha value is -2.28. The van der Waals surface area contributed by atoms with Crippen molar-refractivity contribution < 1.29 is 19.1 Å². The number of hydrogen-bond donors (Lipinski definition) is 0. The molecular formula is C18H25N3O4. The van der Waals surface area contributed by atoms with Crippen LogP contribution in [-0.4, -0.2) is 74.6 Å². The van der Waals surface area contributed by atoms with E-state index in [1.807, 2.05) is 17.0 Å². The van der Waals surface area contributed by atoms with Crippen molar-refractivity contribution in [1.29, 1.82) is 0 Å². The first kappa shape index (κ1) is 17.5. The van der Waals surface area contributed by atoms with Crippen molar-refractivity contribution in [1.82, 2.24) is 9.80 Å². The van der Waals surface area contributed by atoms with Gasteiger partial charge in [0.2, 0.25) is 11.8 Å². The summed E-state index contributed by atoms with van der Waals surface area (Å²) in [5.74, 6) is 1.33. The van der Waals surface area contributed by atoms with Crippen LogP contribution in [0.1, 0.15) is 13.3 Å². The Bertz CT molecular complexity index is 641. The number of carbonyl (C=O) groups is 2. The molecule has 3 rings (SSSR count). The summed E-state index contributed by atoms with van der Waals surface area (Å²) in [6.07, 6.45) is 0.317. The van der Waals surface area contributed by atoms with Gasteiger partial charge in [-0.3, -0.25) is 9.59 Å². The molecule has 1 aromatic rings. The Kier molecular flexibility index (Phi) is 5.43. The zero-order valence-corrected chi connectivity index (χ0v) is 14.9. The van der Waals surface area contributed by atoms with E-state index in [0.29, 0.717) is 37.7 Å². The summed E-state index contributed by atoms with van der Waals surface area (Å²) < 4.78 is 11.1. The number of likely N-dealkylation sites (N-methyl/N-ethyl adjacent to an activating group) is 1. The van der Waals surface area contributed by atoms with Gasteiger partial charge in [0, 0.05) is 57.8 Å². The molecule has 0 unspecified atom stereocenters. The van der Waals surface area contributed by atoms with Crippen molar-refractivity contribution in [2.24, 2.45) is 0 Å². The summed E-state index contributed by atoms with van der Waals surface area (Å²) >= 11 is 0. The zero-order chi connectivity index (χ0) is 17.8. The first-order valence-corrected chi connectivity index (χ1v) is 8.68. The van der Waals surface area contributed by atoms with Gasteiger partial charge in [-0.2, -0.15) is 0 Å². The quantitative estimate of drug-likeness (QED) is 0.812. The third kappa shape index (κ3) is 4.22. The molecule has 0 bridgehead atoms. The largest absolute Gasteiger partial charge is 0.486 e. The van der Waals surface area contributed by atoms with Gasteiger partial charge in [0.1, 0.15) is 13.2 Å². The first-order valence-electron chi connectivity index (χ1n) is 8.68. The molecule has 0 radical (unpaired) electrons. The van der Waals surface area contributed by atoms with E-state index in [9.17, 15) is 9.59 Å². The number of rotatable bonds is 4. The molecule has 2 amide bonds. The fraction of sp³-hybridized carbons (Fsp3) is 0.556. The summed E-state index contributed by atoms with van der Waals surface area (Å²) in [7, 11) is 2.06. The molecule has 0 N–H and O–H groups in total. The molecule has 2 aliphatic rings. The molecule has 0 spiro atoms. The van der Waals surface area contributed by atoms with Crippen LogP contribution in [-0.2, 0) is 9.59 Å². The lowest BCUT2D eigenvalue weighted by Gasteiger charge is -2.33. The number of ether oxygens (including phenoxy) is 2. The molecule has 0 aromatic heterocycles. The predicted molar refractivity (Wildman–Crippen MR) is 94.2 cm³/mol. The molecule has 0 atom stereocenters. The molecule has 0 aliphatic carbocycles. The normalized spacial score (nSPS) is 17.3. The number of hydrogen-bond acceptors (Lipinski definition) is 5. The lowest BCUT2D eigenvalue weighted by molar-refractivity contribution is -0.132. The van der Waals surface area contributed by atoms with Crippen LogP contribution < -0.4 is 14.4 Å². The van der Waals surface area contributed by atoms with Crippen LogP contribution in [0.4, 0.5) is 5.69 Å². The molecule has 0 saturated carbocycles. The van der Waals surface area contributed by atoms with Crippen LogP contribution in [0, 0.1) is 0 Å². The van der Waals surface area contributed by atoms with Crippen molar-refractivity contribution in [3.8, 4) is 11.5 Å². The van der Waals surface area contributed by atoms with E-state index in [2.05, 4.69) is 11.9 Å². The van der Waals surface area contributed by atoms with Gasteiger partial charge in [-0.05, 0) is 19.2 Å². The van der Waals surface area contributed by atoms with Gasteiger partial charge in [0.15, 0.2) is 11.5 Å². The van der Waals surface area contributed by atoms with E-state index in [1.54, 1.807) is 11.0 Å². The van der Waals surface area contributed by atoms with Crippen molar-refractivity contribution in [3.63, 3.8) is 0 Å². The van der Waals surface area contributed by atoms with Crippen molar-refractivity contribution in [2.45, 2.75) is 13.3 Å². The minimum absolute atomic E-state index is 0.0943. The maximum atomic E-state index is 12.4. The zero-order valence-electron chi connectivity index (χ0n) is 14.9. The van der Waals surface area contributed by atoms with Gasteiger partial charge in [-0.15, -0.1) is 0 Å². The van der Waals surface area contributed by atoms with E-state index < -0.39 is 0 Å². The molecule has 1 fully saturated rings. The summed E-state index contributed by atoms with van der Waals surface area (Å²) in [5, 5.41) is 0. The second kappa shape index (κ2) is 7.74. The number of anilines is 1. The SMILES string of the molecule is CC(=O)N(CCC(=O)N1CCN(C)CC1)c1ccc2c(c1)OCCO2. The number of nitrogens with zero attached hydrogens (tertiary/aromatic N) is 3. The third-order valence-electron chi connectivity index (χ3n) is 4.62. The topological polar surface area (TPSA) is 62.3 Å². The number of piperazine rings is 1. The Morgan fingerprint density at radius 3 is 2.44 bits per heavy atom. The molecule has 7 heteroatoms. The van der Waals surface area contributed by atoms with Gasteiger partial charge in [-0.1, -0.05) is 0 Å². The minimum atomic E-state index is -0.0946. The monoisotopic (exact) mass is 347 g/mol. The summed E-state index contributed by atoms with van der Waals surface area (Å²) in [6, 6.07) is 5.44. The van der Waals surface area contributed by atoms with Crippen LogP contribution in [0.5, 0.6) is 11.5 Å². The second-order valence-corrected chi connectivity index (χ2v) is 6.43.